The zero-order chi connectivity index (χ0) is 9.90. The first-order valence-corrected chi connectivity index (χ1v) is 12.6. The molecule has 0 saturated carbocycles. The number of rotatable bonds is 0. The average molecular weight is 401 g/mol. The summed E-state index contributed by atoms with van der Waals surface area (Å²) in [6.07, 6.45) is 0. The Morgan fingerprint density at radius 2 is 1.54 bits per heavy atom. The number of hydrogen-bond donors (Lipinski definition) is 1. The Labute approximate surface area is 90.3 Å². The molecular formula is C9H13Cl2NPt. The Hall–Kier alpha value is 0.288. The fourth-order valence-electron chi connectivity index (χ4n) is 0.604. The van der Waals surface area contributed by atoms with Crippen LogP contribution in [0, 0.1) is 6.92 Å². The first-order chi connectivity index (χ1) is 5.99. The predicted molar refractivity (Wildman–Crippen MR) is 56.9 cm³/mol. The van der Waals surface area contributed by atoms with Crippen LogP contribution in [0.3, 0.4) is 0 Å². The second kappa shape index (κ2) is 4.68. The molecule has 2 rings (SSSR count). The molecule has 1 nitrogen and oxygen atoms in total. The minimum absolute atomic E-state index is 0.829. The Kier molecular flexibility index (Phi) is 4.09. The van der Waals surface area contributed by atoms with Gasteiger partial charge in [0.15, 0.2) is 0 Å². The number of hydrogen-bond acceptors (Lipinski definition) is 1. The van der Waals surface area contributed by atoms with Crippen LogP contribution in [0.4, 0.5) is 5.69 Å². The molecule has 78 valence electrons. The molecule has 1 aromatic carbocycles. The maximum atomic E-state index is 5.59. The molecule has 1 aromatic rings. The van der Waals surface area contributed by atoms with E-state index in [0.29, 0.717) is 0 Å². The number of nitrogen functional groups attached to an aromatic ring is 1. The first kappa shape index (κ1) is 11.4. The zero-order valence-corrected chi connectivity index (χ0v) is 11.2. The molecule has 0 atom stereocenters. The van der Waals surface area contributed by atoms with Crippen molar-refractivity contribution in [3.63, 3.8) is 0 Å². The van der Waals surface area contributed by atoms with Crippen LogP contribution < -0.4 is 5.73 Å². The van der Waals surface area contributed by atoms with Crippen molar-refractivity contribution in [1.82, 2.24) is 0 Å². The molecule has 0 bridgehead atoms. The Balaban J connectivity index is 0.000000145. The quantitative estimate of drug-likeness (QED) is 0.657. The third-order valence-corrected chi connectivity index (χ3v) is 8.24. The molecular weight excluding hydrogens is 388 g/mol. The molecule has 0 radical (unpaired) electrons. The Morgan fingerprint density at radius 3 is 1.77 bits per heavy atom. The molecule has 1 fully saturated rings. The van der Waals surface area contributed by atoms with Gasteiger partial charge in [-0.15, -0.1) is 0 Å². The number of aryl methyl sites for hydroxylation is 1. The molecule has 0 aliphatic carbocycles. The van der Waals surface area contributed by atoms with Gasteiger partial charge in [0, 0.05) is 5.69 Å². The van der Waals surface area contributed by atoms with Crippen molar-refractivity contribution >= 4 is 24.5 Å². The first-order valence-electron chi connectivity index (χ1n) is 3.80. The molecule has 4 heteroatoms. The summed E-state index contributed by atoms with van der Waals surface area (Å²) in [4.78, 5) is 2.33. The van der Waals surface area contributed by atoms with Gasteiger partial charge in [0.25, 0.3) is 0 Å². The van der Waals surface area contributed by atoms with Gasteiger partial charge in [0.05, 0.1) is 0 Å². The molecule has 0 unspecified atom stereocenters. The normalized spacial score (nSPS) is 19.6. The molecule has 1 aliphatic heterocycles. The second-order valence-electron chi connectivity index (χ2n) is 2.77. The van der Waals surface area contributed by atoms with Gasteiger partial charge in [-0.3, -0.25) is 0 Å². The van der Waals surface area contributed by atoms with E-state index in [2.05, 4.69) is 0 Å². The summed E-state index contributed by atoms with van der Waals surface area (Å²) in [6.45, 7) is 2.04. The van der Waals surface area contributed by atoms with Crippen LogP contribution in [0.15, 0.2) is 24.3 Å². The van der Waals surface area contributed by atoms with Gasteiger partial charge in [0.1, 0.15) is 0 Å². The zero-order valence-electron chi connectivity index (χ0n) is 7.37. The van der Waals surface area contributed by atoms with E-state index in [-0.39, 0.29) is 0 Å². The van der Waals surface area contributed by atoms with Crippen LogP contribution in [0.1, 0.15) is 5.56 Å². The van der Waals surface area contributed by atoms with Gasteiger partial charge in [-0.25, -0.2) is 0 Å². The van der Waals surface area contributed by atoms with Crippen LogP contribution in [0.2, 0.25) is 9.62 Å². The molecule has 13 heavy (non-hydrogen) atoms. The van der Waals surface area contributed by atoms with Gasteiger partial charge in [0.2, 0.25) is 0 Å². The summed E-state index contributed by atoms with van der Waals surface area (Å²) in [5.41, 5.74) is 7.51. The van der Waals surface area contributed by atoms with E-state index in [1.54, 1.807) is 0 Å². The van der Waals surface area contributed by atoms with Crippen molar-refractivity contribution in [2.24, 2.45) is 0 Å². The van der Waals surface area contributed by atoms with E-state index >= 15 is 0 Å². The molecule has 2 N–H and O–H groups in total. The van der Waals surface area contributed by atoms with Crippen molar-refractivity contribution in [3.05, 3.63) is 29.8 Å². The molecule has 0 spiro atoms. The monoisotopic (exact) mass is 400 g/mol. The fraction of sp³-hybridized carbons (Fsp3) is 0.333. The van der Waals surface area contributed by atoms with Gasteiger partial charge in [-0.05, 0) is 19.1 Å². The Bertz CT molecular complexity index is 244. The van der Waals surface area contributed by atoms with Crippen LogP contribution in [-0.2, 0) is 14.0 Å². The standard InChI is InChI=1S/C7H9N.C2H4.2ClH.Pt/c1-6-2-4-7(8)5-3-6;1-2;;;/h2-5H,8H2,1H3;1-2H2;2*1H;/q;;;;+2/p-2. The van der Waals surface area contributed by atoms with E-state index < -0.39 is 14.0 Å². The van der Waals surface area contributed by atoms with Gasteiger partial charge in [-0.1, -0.05) is 17.7 Å². The van der Waals surface area contributed by atoms with E-state index in [1.165, 1.54) is 5.56 Å². The molecule has 0 amide bonds. The van der Waals surface area contributed by atoms with Gasteiger partial charge >= 0.3 is 42.4 Å². The predicted octanol–water partition coefficient (Wildman–Crippen LogP) is 3.88. The number of benzene rings is 1. The third kappa shape index (κ3) is 5.56. The molecule has 0 aromatic heterocycles. The van der Waals surface area contributed by atoms with Crippen molar-refractivity contribution in [1.29, 1.82) is 0 Å². The van der Waals surface area contributed by atoms with Crippen LogP contribution >= 0.6 is 18.8 Å². The Morgan fingerprint density at radius 1 is 1.15 bits per heavy atom. The molecule has 1 aliphatic rings. The molecule has 1 heterocycles. The van der Waals surface area contributed by atoms with E-state index in [0.717, 1.165) is 15.3 Å². The van der Waals surface area contributed by atoms with Crippen LogP contribution in [0.5, 0.6) is 0 Å². The summed E-state index contributed by atoms with van der Waals surface area (Å²) in [6, 6.07) is 7.79. The van der Waals surface area contributed by atoms with Crippen LogP contribution in [-0.4, -0.2) is 0 Å². The second-order valence-corrected chi connectivity index (χ2v) is 17.4. The van der Waals surface area contributed by atoms with Gasteiger partial charge < -0.3 is 5.73 Å². The number of nitrogens with two attached hydrogens (primary N) is 1. The van der Waals surface area contributed by atoms with Crippen LogP contribution in [0.25, 0.3) is 0 Å². The summed E-state index contributed by atoms with van der Waals surface area (Å²) in [5, 5.41) is 0. The minimum atomic E-state index is -1.75. The fourth-order valence-corrected chi connectivity index (χ4v) is 8.16. The van der Waals surface area contributed by atoms with E-state index in [9.17, 15) is 0 Å². The van der Waals surface area contributed by atoms with E-state index in [4.69, 9.17) is 24.6 Å². The molecule has 1 saturated heterocycles. The topological polar surface area (TPSA) is 26.0 Å². The number of anilines is 1. The third-order valence-electron chi connectivity index (χ3n) is 1.47. The maximum absolute atomic E-state index is 5.59. The SMILES string of the molecule is Cc1ccc(N)cc1.[Cl][Pt]1([Cl])[CH2][CH2]1. The van der Waals surface area contributed by atoms with Crippen molar-refractivity contribution in [2.45, 2.75) is 16.5 Å². The summed E-state index contributed by atoms with van der Waals surface area (Å²) in [7, 11) is 11.2. The van der Waals surface area contributed by atoms with Crippen molar-refractivity contribution < 1.29 is 14.0 Å². The van der Waals surface area contributed by atoms with Gasteiger partial charge in [-0.2, -0.15) is 0 Å². The summed E-state index contributed by atoms with van der Waals surface area (Å²) < 4.78 is 0. The van der Waals surface area contributed by atoms with Crippen molar-refractivity contribution in [2.75, 3.05) is 5.73 Å². The average Bonchev–Trinajstić information content (AvgIpc) is 2.74. The summed E-state index contributed by atoms with van der Waals surface area (Å²) in [5.74, 6) is 0. The van der Waals surface area contributed by atoms with Crippen molar-refractivity contribution in [3.8, 4) is 0 Å². The van der Waals surface area contributed by atoms with E-state index in [1.807, 2.05) is 31.2 Å². The summed E-state index contributed by atoms with van der Waals surface area (Å²) >= 11 is -1.75. The number of halogens is 2.